The van der Waals surface area contributed by atoms with Crippen molar-refractivity contribution < 1.29 is 47.9 Å². The fourth-order valence-corrected chi connectivity index (χ4v) is 3.34. The maximum absolute atomic E-state index is 12.3. The van der Waals surface area contributed by atoms with Gasteiger partial charge in [-0.3, -0.25) is 28.8 Å². The highest BCUT2D eigenvalue weighted by Gasteiger charge is 2.27. The van der Waals surface area contributed by atoms with Crippen LogP contribution in [0.15, 0.2) is 0 Å². The van der Waals surface area contributed by atoms with Crippen LogP contribution in [0.3, 0.4) is 0 Å². The molecule has 0 aromatic carbocycles. The SMILES string of the molecule is C.CC(=O)CN(C)C.CCC.CCC=O.CNC(CCC(=O)CN)C(=O)NC(CCC(=O)C=N)C(=O)OC(C)C.CNC(CCC=O)C(=O)NOC(C)C. The maximum Gasteiger partial charge on any atom is 0.328 e. The first-order valence-electron chi connectivity index (χ1n) is 17.9. The zero-order valence-electron chi connectivity index (χ0n) is 34.3. The van der Waals surface area contributed by atoms with Crippen LogP contribution in [0.1, 0.15) is 114 Å². The summed E-state index contributed by atoms with van der Waals surface area (Å²) >= 11 is 0. The number of likely N-dealkylation sites (N-methyl/N-ethyl adjacent to an activating group) is 3. The molecular weight excluding hydrogens is 702 g/mol. The third-order valence-corrected chi connectivity index (χ3v) is 5.74. The van der Waals surface area contributed by atoms with Gasteiger partial charge in [-0.25, -0.2) is 10.3 Å². The number of hydroxylamine groups is 1. The predicted molar refractivity (Wildman–Crippen MR) is 213 cm³/mol. The van der Waals surface area contributed by atoms with Crippen molar-refractivity contribution in [3.05, 3.63) is 0 Å². The van der Waals surface area contributed by atoms with Crippen LogP contribution in [0.2, 0.25) is 0 Å². The van der Waals surface area contributed by atoms with Gasteiger partial charge in [-0.2, -0.15) is 0 Å². The smallest absolute Gasteiger partial charge is 0.328 e. The lowest BCUT2D eigenvalue weighted by atomic mass is 10.1. The third kappa shape index (κ3) is 46.3. The van der Waals surface area contributed by atoms with Crippen LogP contribution in [0.5, 0.6) is 0 Å². The summed E-state index contributed by atoms with van der Waals surface area (Å²) in [5.74, 6) is -1.77. The summed E-state index contributed by atoms with van der Waals surface area (Å²) in [4.78, 5) is 94.7. The van der Waals surface area contributed by atoms with Crippen LogP contribution in [0.25, 0.3) is 0 Å². The molecule has 0 aliphatic carbocycles. The molecule has 0 aromatic rings. The summed E-state index contributed by atoms with van der Waals surface area (Å²) in [6.45, 7) is 15.1. The molecule has 0 aliphatic heterocycles. The summed E-state index contributed by atoms with van der Waals surface area (Å²) < 4.78 is 5.10. The second kappa shape index (κ2) is 43.6. The number of carbonyl (C=O) groups is 8. The number of nitrogens with one attached hydrogen (secondary N) is 5. The van der Waals surface area contributed by atoms with Gasteiger partial charge in [0.15, 0.2) is 5.78 Å². The van der Waals surface area contributed by atoms with Crippen molar-refractivity contribution in [2.75, 3.05) is 41.3 Å². The zero-order valence-corrected chi connectivity index (χ0v) is 34.3. The Balaban J connectivity index is -0.000000166. The van der Waals surface area contributed by atoms with Crippen molar-refractivity contribution in [3.8, 4) is 0 Å². The number of hydrogen-bond donors (Lipinski definition) is 6. The summed E-state index contributed by atoms with van der Waals surface area (Å²) in [6.07, 6.45) is 5.00. The molecule has 17 heteroatoms. The largest absolute Gasteiger partial charge is 0.461 e. The number of Topliss-reactive ketones (excluding diaryl/α,β-unsaturated/α-hetero) is 3. The minimum absolute atomic E-state index is 0. The average Bonchev–Trinajstić information content (AvgIpc) is 3.09. The lowest BCUT2D eigenvalue weighted by Crippen LogP contribution is -2.50. The fraction of sp³-hybridized carbons (Fsp3) is 0.757. The fourth-order valence-electron chi connectivity index (χ4n) is 3.34. The Morgan fingerprint density at radius 3 is 1.61 bits per heavy atom. The number of nitrogens with zero attached hydrogens (tertiary/aromatic N) is 1. The van der Waals surface area contributed by atoms with Crippen molar-refractivity contribution in [3.63, 3.8) is 0 Å². The van der Waals surface area contributed by atoms with E-state index >= 15 is 0 Å². The molecule has 0 fully saturated rings. The molecule has 0 rings (SSSR count). The number of ketones is 3. The Labute approximate surface area is 324 Å². The predicted octanol–water partition coefficient (Wildman–Crippen LogP) is 2.11. The third-order valence-electron chi connectivity index (χ3n) is 5.74. The van der Waals surface area contributed by atoms with Gasteiger partial charge in [-0.1, -0.05) is 34.6 Å². The van der Waals surface area contributed by atoms with Crippen LogP contribution < -0.4 is 27.2 Å². The molecule has 0 radical (unpaired) electrons. The van der Waals surface area contributed by atoms with Crippen molar-refractivity contribution in [2.45, 2.75) is 145 Å². The number of nitrogens with two attached hydrogens (primary N) is 1. The van der Waals surface area contributed by atoms with E-state index in [0.717, 1.165) is 12.6 Å². The monoisotopic (exact) mass is 778 g/mol. The minimum atomic E-state index is -1.00. The standard InChI is InChI=1S/C16H28N4O5.C9H18N2O3.C5H11NO.C3H6O.C3H8.CH4/c1-10(2)25-16(24)14(7-5-12(22)9-18)20-15(23)13(19-3)6-4-11(21)8-17;1-7(2)14-11-9(13)8(10-3)5-4-6-12;1-5(7)4-6(2)3;1-2-3-4;1-3-2;/h9-10,13-14,18-19H,4-8,17H2,1-3H3,(H,20,23);6-8,10H,4-5H2,1-3H3,(H,11,13);4H2,1-3H3;3H,2H2,1H3;3H2,1-2H3;1H4. The molecule has 17 nitrogen and oxygen atoms in total. The number of esters is 1. The van der Waals surface area contributed by atoms with Crippen molar-refractivity contribution >= 4 is 53.9 Å². The van der Waals surface area contributed by atoms with Gasteiger partial charge < -0.3 is 46.3 Å². The topological polar surface area (TPSA) is 256 Å². The van der Waals surface area contributed by atoms with E-state index in [1.165, 1.54) is 6.42 Å². The van der Waals surface area contributed by atoms with Gasteiger partial charge >= 0.3 is 5.97 Å². The summed E-state index contributed by atoms with van der Waals surface area (Å²) in [5, 5.41) is 15.0. The van der Waals surface area contributed by atoms with Crippen LogP contribution >= 0.6 is 0 Å². The molecule has 0 spiro atoms. The molecular formula is C37H75N7O10. The first-order chi connectivity index (χ1) is 24.8. The second-order valence-corrected chi connectivity index (χ2v) is 12.3. The van der Waals surface area contributed by atoms with E-state index in [1.54, 1.807) is 34.9 Å². The summed E-state index contributed by atoms with van der Waals surface area (Å²) in [5.41, 5.74) is 7.57. The van der Waals surface area contributed by atoms with Gasteiger partial charge in [0.05, 0.1) is 43.6 Å². The lowest BCUT2D eigenvalue weighted by Gasteiger charge is -2.22. The normalized spacial score (nSPS) is 11.3. The number of amides is 2. The number of carbonyl (C=O) groups excluding carboxylic acids is 8. The Bertz CT molecular complexity index is 1030. The summed E-state index contributed by atoms with van der Waals surface area (Å²) in [7, 11) is 6.99. The molecule has 2 amide bonds. The van der Waals surface area contributed by atoms with Crippen molar-refractivity contribution in [1.82, 2.24) is 26.3 Å². The molecule has 3 atom stereocenters. The Hall–Kier alpha value is -3.77. The molecule has 0 aromatic heterocycles. The highest BCUT2D eigenvalue weighted by atomic mass is 16.7. The van der Waals surface area contributed by atoms with E-state index in [4.69, 9.17) is 20.7 Å². The first-order valence-corrected chi connectivity index (χ1v) is 17.9. The first kappa shape index (κ1) is 62.2. The lowest BCUT2D eigenvalue weighted by molar-refractivity contribution is -0.152. The van der Waals surface area contributed by atoms with Crippen LogP contribution in [0.4, 0.5) is 0 Å². The van der Waals surface area contributed by atoms with Crippen LogP contribution in [0, 0.1) is 5.41 Å². The van der Waals surface area contributed by atoms with Crippen molar-refractivity contribution in [2.24, 2.45) is 5.73 Å². The van der Waals surface area contributed by atoms with E-state index in [-0.39, 0.29) is 75.4 Å². The molecule has 54 heavy (non-hydrogen) atoms. The Morgan fingerprint density at radius 1 is 0.796 bits per heavy atom. The average molecular weight is 778 g/mol. The molecule has 0 heterocycles. The Morgan fingerprint density at radius 2 is 1.28 bits per heavy atom. The highest BCUT2D eigenvalue weighted by molar-refractivity contribution is 6.26. The summed E-state index contributed by atoms with van der Waals surface area (Å²) in [6, 6.07) is -2.05. The Kier molecular flexibility index (Phi) is 50.3. The molecule has 0 aliphatic rings. The van der Waals surface area contributed by atoms with Crippen LogP contribution in [-0.2, 0) is 47.9 Å². The number of ether oxygens (including phenoxy) is 1. The van der Waals surface area contributed by atoms with E-state index < -0.39 is 29.7 Å². The van der Waals surface area contributed by atoms with Gasteiger partial charge in [-0.05, 0) is 82.1 Å². The number of aldehydes is 2. The molecule has 0 bridgehead atoms. The second-order valence-electron chi connectivity index (χ2n) is 12.3. The zero-order chi connectivity index (χ0) is 42.4. The van der Waals surface area contributed by atoms with Gasteiger partial charge in [0.1, 0.15) is 30.2 Å². The van der Waals surface area contributed by atoms with Gasteiger partial charge in [0.2, 0.25) is 5.91 Å². The van der Waals surface area contributed by atoms with Gasteiger partial charge in [-0.15, -0.1) is 0 Å². The molecule has 7 N–H and O–H groups in total. The number of rotatable bonds is 23. The van der Waals surface area contributed by atoms with E-state index in [1.807, 2.05) is 39.8 Å². The van der Waals surface area contributed by atoms with Gasteiger partial charge in [0, 0.05) is 25.7 Å². The molecule has 318 valence electrons. The highest BCUT2D eigenvalue weighted by Crippen LogP contribution is 2.06. The van der Waals surface area contributed by atoms with Gasteiger partial charge in [0.25, 0.3) is 5.91 Å². The molecule has 0 saturated carbocycles. The number of hydrogen-bond acceptors (Lipinski definition) is 15. The quantitative estimate of drug-likeness (QED) is 0.0376. The van der Waals surface area contributed by atoms with E-state index in [0.29, 0.717) is 32.0 Å². The molecule has 3 unspecified atom stereocenters. The van der Waals surface area contributed by atoms with E-state index in [9.17, 15) is 38.4 Å². The van der Waals surface area contributed by atoms with Crippen LogP contribution in [-0.4, -0.2) is 130 Å². The maximum atomic E-state index is 12.3. The van der Waals surface area contributed by atoms with E-state index in [2.05, 4.69) is 35.3 Å². The minimum Gasteiger partial charge on any atom is -0.461 e. The molecule has 0 saturated heterocycles. The van der Waals surface area contributed by atoms with Crippen molar-refractivity contribution in [1.29, 1.82) is 5.41 Å².